The summed E-state index contributed by atoms with van der Waals surface area (Å²) in [5.41, 5.74) is 0.170. The number of hydrogen-bond donors (Lipinski definition) is 0. The first-order valence-corrected chi connectivity index (χ1v) is 11.2. The van der Waals surface area contributed by atoms with Crippen LogP contribution in [0.25, 0.3) is 22.1 Å². The number of halogens is 3. The quantitative estimate of drug-likeness (QED) is 0.296. The van der Waals surface area contributed by atoms with Crippen LogP contribution in [0.5, 0.6) is 34.5 Å². The van der Waals surface area contributed by atoms with Gasteiger partial charge >= 0.3 is 6.18 Å². The highest BCUT2D eigenvalue weighted by Crippen LogP contribution is 2.52. The molecule has 0 aliphatic carbocycles. The van der Waals surface area contributed by atoms with E-state index in [-0.39, 0.29) is 52.6 Å². The normalized spacial score (nSPS) is 12.5. The zero-order valence-corrected chi connectivity index (χ0v) is 20.4. The van der Waals surface area contributed by atoms with Crippen LogP contribution in [-0.2, 0) is 12.8 Å². The molecule has 5 rings (SSSR count). The van der Waals surface area contributed by atoms with Crippen molar-refractivity contribution in [1.29, 1.82) is 0 Å². The Morgan fingerprint density at radius 3 is 2.21 bits per heavy atom. The molecule has 198 valence electrons. The zero-order valence-electron chi connectivity index (χ0n) is 20.4. The van der Waals surface area contributed by atoms with Crippen LogP contribution in [0.4, 0.5) is 13.2 Å². The van der Waals surface area contributed by atoms with Crippen molar-refractivity contribution in [3.63, 3.8) is 0 Å². The van der Waals surface area contributed by atoms with Crippen molar-refractivity contribution in [2.24, 2.45) is 0 Å². The third kappa shape index (κ3) is 4.40. The highest BCUT2D eigenvalue weighted by atomic mass is 19.4. The summed E-state index contributed by atoms with van der Waals surface area (Å²) < 4.78 is 77.4. The molecule has 11 heteroatoms. The van der Waals surface area contributed by atoms with E-state index < -0.39 is 11.7 Å². The summed E-state index contributed by atoms with van der Waals surface area (Å²) >= 11 is 0. The molecule has 0 atom stereocenters. The van der Waals surface area contributed by atoms with Crippen LogP contribution in [0.15, 0.2) is 57.9 Å². The highest BCUT2D eigenvalue weighted by molar-refractivity contribution is 5.87. The molecule has 0 fully saturated rings. The van der Waals surface area contributed by atoms with Crippen LogP contribution in [0.2, 0.25) is 0 Å². The molecule has 0 bridgehead atoms. The summed E-state index contributed by atoms with van der Waals surface area (Å²) in [5, 5.41) is 0.208. The Morgan fingerprint density at radius 1 is 0.842 bits per heavy atom. The maximum Gasteiger partial charge on any atom is 0.416 e. The third-order valence-corrected chi connectivity index (χ3v) is 6.01. The lowest BCUT2D eigenvalue weighted by molar-refractivity contribution is -0.137. The molecule has 0 saturated carbocycles. The number of rotatable bonds is 7. The lowest BCUT2D eigenvalue weighted by Crippen LogP contribution is -2.07. The van der Waals surface area contributed by atoms with Crippen molar-refractivity contribution in [2.45, 2.75) is 12.8 Å². The first-order chi connectivity index (χ1) is 18.2. The van der Waals surface area contributed by atoms with Crippen LogP contribution in [0, 0.1) is 0 Å². The van der Waals surface area contributed by atoms with Crippen LogP contribution in [-0.4, -0.2) is 28.1 Å². The molecule has 0 unspecified atom stereocenters. The van der Waals surface area contributed by atoms with E-state index in [9.17, 15) is 18.0 Å². The average molecular weight is 530 g/mol. The van der Waals surface area contributed by atoms with Crippen LogP contribution in [0.3, 0.4) is 0 Å². The topological polar surface area (TPSA) is 85.6 Å². The Balaban J connectivity index is 1.51. The van der Waals surface area contributed by atoms with E-state index >= 15 is 0 Å². The largest absolute Gasteiger partial charge is 0.493 e. The van der Waals surface area contributed by atoms with E-state index in [1.165, 1.54) is 51.9 Å². The third-order valence-electron chi connectivity index (χ3n) is 6.01. The number of methoxy groups -OCH3 is 3. The molecule has 1 aliphatic rings. The number of alkyl halides is 3. The standard InChI is InChI=1S/C27H21F3O8/c1-32-20-9-17-19(10-21(20)35-11-14-4-6-15(7-5-14)27(28,29)30)36-12-18(23(17)31)16-8-22(33-2)25-26(24(16)34-3)38-13-37-25/h4-10,12H,11,13H2,1-3H3. The van der Waals surface area contributed by atoms with Gasteiger partial charge < -0.3 is 32.8 Å². The van der Waals surface area contributed by atoms with Gasteiger partial charge in [0.15, 0.2) is 23.0 Å². The summed E-state index contributed by atoms with van der Waals surface area (Å²) in [6.07, 6.45) is -3.14. The van der Waals surface area contributed by atoms with Gasteiger partial charge in [0.25, 0.3) is 0 Å². The van der Waals surface area contributed by atoms with Gasteiger partial charge in [-0.25, -0.2) is 0 Å². The summed E-state index contributed by atoms with van der Waals surface area (Å²) in [5.74, 6) is 1.81. The minimum atomic E-state index is -4.42. The van der Waals surface area contributed by atoms with Crippen molar-refractivity contribution in [3.8, 4) is 45.6 Å². The molecule has 0 amide bonds. The summed E-state index contributed by atoms with van der Waals surface area (Å²) in [6, 6.07) is 9.19. The molecule has 4 aromatic rings. The maximum absolute atomic E-state index is 13.6. The van der Waals surface area contributed by atoms with E-state index in [0.29, 0.717) is 28.4 Å². The number of hydrogen-bond acceptors (Lipinski definition) is 8. The molecule has 0 N–H and O–H groups in total. The minimum absolute atomic E-state index is 0.0235. The Kier molecular flexibility index (Phi) is 6.43. The fraction of sp³-hybridized carbons (Fsp3) is 0.222. The van der Waals surface area contributed by atoms with E-state index in [1.54, 1.807) is 6.07 Å². The Morgan fingerprint density at radius 2 is 1.55 bits per heavy atom. The Bertz CT molecular complexity index is 1560. The maximum atomic E-state index is 13.6. The van der Waals surface area contributed by atoms with Crippen LogP contribution in [0.1, 0.15) is 11.1 Å². The van der Waals surface area contributed by atoms with Crippen molar-refractivity contribution < 1.29 is 46.0 Å². The Hall–Kier alpha value is -4.54. The lowest BCUT2D eigenvalue weighted by atomic mass is 10.0. The van der Waals surface area contributed by atoms with Gasteiger partial charge in [-0.05, 0) is 29.8 Å². The van der Waals surface area contributed by atoms with E-state index in [1.807, 2.05) is 0 Å². The number of fused-ring (bicyclic) bond motifs is 2. The molecule has 38 heavy (non-hydrogen) atoms. The van der Waals surface area contributed by atoms with Gasteiger partial charge in [-0.2, -0.15) is 13.2 Å². The molecule has 3 aromatic carbocycles. The SMILES string of the molecule is COc1cc2c(=O)c(-c3cc(OC)c4c(c3OC)OCO4)coc2cc1OCc1ccc(C(F)(F)F)cc1. The summed E-state index contributed by atoms with van der Waals surface area (Å²) in [6.45, 7) is -0.0548. The summed E-state index contributed by atoms with van der Waals surface area (Å²) in [7, 11) is 4.32. The lowest BCUT2D eigenvalue weighted by Gasteiger charge is -2.15. The van der Waals surface area contributed by atoms with Crippen LogP contribution >= 0.6 is 0 Å². The number of ether oxygens (including phenoxy) is 6. The molecule has 0 saturated heterocycles. The molecule has 1 aliphatic heterocycles. The molecular formula is C27H21F3O8. The van der Waals surface area contributed by atoms with E-state index in [4.69, 9.17) is 32.8 Å². The average Bonchev–Trinajstić information content (AvgIpc) is 3.40. The molecule has 0 spiro atoms. The van der Waals surface area contributed by atoms with Gasteiger partial charge in [-0.15, -0.1) is 0 Å². The second-order valence-corrected chi connectivity index (χ2v) is 8.19. The fourth-order valence-corrected chi connectivity index (χ4v) is 4.12. The predicted molar refractivity (Wildman–Crippen MR) is 129 cm³/mol. The van der Waals surface area contributed by atoms with E-state index in [0.717, 1.165) is 12.1 Å². The van der Waals surface area contributed by atoms with Crippen molar-refractivity contribution in [1.82, 2.24) is 0 Å². The zero-order chi connectivity index (χ0) is 27.0. The minimum Gasteiger partial charge on any atom is -0.493 e. The van der Waals surface area contributed by atoms with Crippen molar-refractivity contribution in [2.75, 3.05) is 28.1 Å². The fourth-order valence-electron chi connectivity index (χ4n) is 4.12. The van der Waals surface area contributed by atoms with E-state index in [2.05, 4.69) is 0 Å². The van der Waals surface area contributed by atoms with Crippen LogP contribution < -0.4 is 33.8 Å². The van der Waals surface area contributed by atoms with Gasteiger partial charge in [-0.1, -0.05) is 12.1 Å². The first kappa shape index (κ1) is 25.1. The van der Waals surface area contributed by atoms with Gasteiger partial charge in [0.2, 0.25) is 23.7 Å². The summed E-state index contributed by atoms with van der Waals surface area (Å²) in [4.78, 5) is 13.6. The first-order valence-electron chi connectivity index (χ1n) is 11.2. The van der Waals surface area contributed by atoms with Gasteiger partial charge in [0, 0.05) is 11.6 Å². The van der Waals surface area contributed by atoms with Crippen molar-refractivity contribution in [3.05, 3.63) is 70.1 Å². The number of benzene rings is 3. The second-order valence-electron chi connectivity index (χ2n) is 8.19. The monoisotopic (exact) mass is 530 g/mol. The molecule has 8 nitrogen and oxygen atoms in total. The Labute approximate surface area is 214 Å². The van der Waals surface area contributed by atoms with Gasteiger partial charge in [0.1, 0.15) is 18.5 Å². The molecule has 0 radical (unpaired) electrons. The molecular weight excluding hydrogens is 509 g/mol. The predicted octanol–water partition coefficient (Wildman–Crippen LogP) is 5.81. The van der Waals surface area contributed by atoms with Gasteiger partial charge in [-0.3, -0.25) is 4.79 Å². The second kappa shape index (κ2) is 9.73. The molecule has 2 heterocycles. The highest BCUT2D eigenvalue weighted by Gasteiger charge is 2.30. The van der Waals surface area contributed by atoms with Gasteiger partial charge in [0.05, 0.1) is 37.8 Å². The molecule has 1 aromatic heterocycles. The van der Waals surface area contributed by atoms with Crippen molar-refractivity contribution >= 4 is 11.0 Å². The smallest absolute Gasteiger partial charge is 0.416 e.